The molecular formula is C15H24O7. The lowest BCUT2D eigenvalue weighted by Gasteiger charge is -2.14. The van der Waals surface area contributed by atoms with Gasteiger partial charge >= 0.3 is 0 Å². The third-order valence-electron chi connectivity index (χ3n) is 2.65. The predicted octanol–water partition coefficient (Wildman–Crippen LogP) is 1.18. The third-order valence-corrected chi connectivity index (χ3v) is 2.65. The summed E-state index contributed by atoms with van der Waals surface area (Å²) < 4.78 is 31.3. The molecule has 7 heteroatoms. The Morgan fingerprint density at radius 3 is 1.95 bits per heavy atom. The Morgan fingerprint density at radius 2 is 1.41 bits per heavy atom. The first-order valence-corrected chi connectivity index (χ1v) is 6.94. The molecule has 0 aliphatic rings. The molecule has 0 aromatic heterocycles. The lowest BCUT2D eigenvalue weighted by atomic mass is 10.2. The van der Waals surface area contributed by atoms with Crippen LogP contribution >= 0.6 is 0 Å². The topological polar surface area (TPSA) is 75.6 Å². The van der Waals surface area contributed by atoms with Crippen LogP contribution in [0.2, 0.25) is 0 Å². The molecule has 0 amide bonds. The zero-order chi connectivity index (χ0) is 16.0. The van der Waals surface area contributed by atoms with Crippen LogP contribution in [0.15, 0.2) is 18.2 Å². The van der Waals surface area contributed by atoms with Crippen LogP contribution in [0.1, 0.15) is 5.56 Å². The van der Waals surface area contributed by atoms with Crippen molar-refractivity contribution in [3.05, 3.63) is 23.8 Å². The molecule has 0 bridgehead atoms. The van der Waals surface area contributed by atoms with E-state index in [9.17, 15) is 5.11 Å². The van der Waals surface area contributed by atoms with E-state index in [1.165, 1.54) is 0 Å². The van der Waals surface area contributed by atoms with Gasteiger partial charge in [-0.1, -0.05) is 6.07 Å². The molecule has 7 nitrogen and oxygen atoms in total. The minimum atomic E-state index is -0.0779. The maximum absolute atomic E-state index is 9.18. The first-order valence-electron chi connectivity index (χ1n) is 6.94. The minimum Gasteiger partial charge on any atom is -0.464 e. The van der Waals surface area contributed by atoms with Gasteiger partial charge in [0.1, 0.15) is 0 Å². The highest BCUT2D eigenvalue weighted by Crippen LogP contribution is 2.28. The maximum atomic E-state index is 9.18. The zero-order valence-corrected chi connectivity index (χ0v) is 13.1. The summed E-state index contributed by atoms with van der Waals surface area (Å²) in [7, 11) is 3.21. The van der Waals surface area contributed by atoms with Gasteiger partial charge < -0.3 is 33.5 Å². The molecule has 1 aromatic carbocycles. The van der Waals surface area contributed by atoms with E-state index in [0.29, 0.717) is 37.9 Å². The summed E-state index contributed by atoms with van der Waals surface area (Å²) in [6.07, 6.45) is 0. The Morgan fingerprint density at radius 1 is 0.818 bits per heavy atom. The molecule has 0 saturated carbocycles. The average molecular weight is 316 g/mol. The third kappa shape index (κ3) is 7.58. The van der Waals surface area contributed by atoms with E-state index in [1.807, 2.05) is 0 Å². The van der Waals surface area contributed by atoms with Crippen LogP contribution in [0.25, 0.3) is 0 Å². The van der Waals surface area contributed by atoms with E-state index in [2.05, 4.69) is 0 Å². The average Bonchev–Trinajstić information content (AvgIpc) is 2.55. The van der Waals surface area contributed by atoms with Crippen molar-refractivity contribution in [3.8, 4) is 11.5 Å². The molecule has 0 fully saturated rings. The molecular weight excluding hydrogens is 292 g/mol. The Hall–Kier alpha value is -1.38. The van der Waals surface area contributed by atoms with E-state index in [4.69, 9.17) is 28.4 Å². The normalized spacial score (nSPS) is 10.7. The lowest BCUT2D eigenvalue weighted by molar-refractivity contribution is -0.0207. The van der Waals surface area contributed by atoms with E-state index in [0.717, 1.165) is 5.56 Å². The first-order chi connectivity index (χ1) is 10.8. The number of hydrogen-bond donors (Lipinski definition) is 1. The Labute approximate surface area is 130 Å². The molecule has 1 N–H and O–H groups in total. The second kappa shape index (κ2) is 12.2. The number of hydrogen-bond acceptors (Lipinski definition) is 7. The number of methoxy groups -OCH3 is 2. The maximum Gasteiger partial charge on any atom is 0.189 e. The lowest BCUT2D eigenvalue weighted by Crippen LogP contribution is -2.11. The van der Waals surface area contributed by atoms with Crippen LogP contribution in [-0.4, -0.2) is 59.3 Å². The van der Waals surface area contributed by atoms with E-state index in [1.54, 1.807) is 32.4 Å². The SMILES string of the molecule is COCCOCOc1ccc(CO)cc1OCOCCOC. The summed E-state index contributed by atoms with van der Waals surface area (Å²) in [6, 6.07) is 5.17. The van der Waals surface area contributed by atoms with Crippen molar-refractivity contribution in [1.29, 1.82) is 0 Å². The van der Waals surface area contributed by atoms with Crippen LogP contribution in [0.4, 0.5) is 0 Å². The molecule has 0 heterocycles. The highest BCUT2D eigenvalue weighted by atomic mass is 16.7. The van der Waals surface area contributed by atoms with Crippen LogP contribution in [-0.2, 0) is 25.6 Å². The molecule has 0 radical (unpaired) electrons. The first kappa shape index (κ1) is 18.7. The van der Waals surface area contributed by atoms with Crippen molar-refractivity contribution in [2.24, 2.45) is 0 Å². The Bertz CT molecular complexity index is 397. The molecule has 0 spiro atoms. The van der Waals surface area contributed by atoms with E-state index < -0.39 is 0 Å². The van der Waals surface area contributed by atoms with Crippen LogP contribution in [0.5, 0.6) is 11.5 Å². The van der Waals surface area contributed by atoms with Gasteiger partial charge in [0.05, 0.1) is 33.0 Å². The molecule has 0 saturated heterocycles. The summed E-state index contributed by atoms with van der Waals surface area (Å²) in [5, 5.41) is 9.18. The Balaban J connectivity index is 2.47. The van der Waals surface area contributed by atoms with Gasteiger partial charge in [-0.15, -0.1) is 0 Å². The quantitative estimate of drug-likeness (QED) is 0.432. The second-order valence-corrected chi connectivity index (χ2v) is 4.27. The minimum absolute atomic E-state index is 0.0686. The van der Waals surface area contributed by atoms with E-state index >= 15 is 0 Å². The molecule has 0 aliphatic carbocycles. The summed E-state index contributed by atoms with van der Waals surface area (Å²) in [4.78, 5) is 0. The second-order valence-electron chi connectivity index (χ2n) is 4.27. The summed E-state index contributed by atoms with van der Waals surface area (Å²) >= 11 is 0. The molecule has 0 atom stereocenters. The van der Waals surface area contributed by atoms with Crippen LogP contribution < -0.4 is 9.47 Å². The fraction of sp³-hybridized carbons (Fsp3) is 0.600. The van der Waals surface area contributed by atoms with Gasteiger partial charge in [-0.05, 0) is 17.7 Å². The van der Waals surface area contributed by atoms with Crippen molar-refractivity contribution in [3.63, 3.8) is 0 Å². The number of ether oxygens (including phenoxy) is 6. The number of rotatable bonds is 13. The van der Waals surface area contributed by atoms with Crippen molar-refractivity contribution in [2.75, 3.05) is 54.2 Å². The van der Waals surface area contributed by atoms with Gasteiger partial charge in [-0.25, -0.2) is 0 Å². The largest absolute Gasteiger partial charge is 0.464 e. The highest BCUT2D eigenvalue weighted by Gasteiger charge is 2.07. The van der Waals surface area contributed by atoms with E-state index in [-0.39, 0.29) is 20.2 Å². The molecule has 22 heavy (non-hydrogen) atoms. The molecule has 0 aliphatic heterocycles. The van der Waals surface area contributed by atoms with Crippen LogP contribution in [0, 0.1) is 0 Å². The standard InChI is InChI=1S/C15H24O7/c1-17-5-7-19-11-21-14-4-3-13(10-16)9-15(14)22-12-20-8-6-18-2/h3-4,9,16H,5-8,10-12H2,1-2H3. The monoisotopic (exact) mass is 316 g/mol. The predicted molar refractivity (Wildman–Crippen MR) is 79.0 cm³/mol. The van der Waals surface area contributed by atoms with Crippen molar-refractivity contribution in [1.82, 2.24) is 0 Å². The summed E-state index contributed by atoms with van der Waals surface area (Å²) in [5.74, 6) is 1.00. The molecule has 1 aromatic rings. The van der Waals surface area contributed by atoms with Crippen molar-refractivity contribution >= 4 is 0 Å². The van der Waals surface area contributed by atoms with Gasteiger partial charge in [0.15, 0.2) is 25.1 Å². The fourth-order valence-corrected chi connectivity index (χ4v) is 1.50. The highest BCUT2D eigenvalue weighted by molar-refractivity contribution is 5.42. The molecule has 126 valence electrons. The summed E-state index contributed by atoms with van der Waals surface area (Å²) in [5.41, 5.74) is 0.722. The van der Waals surface area contributed by atoms with Gasteiger partial charge in [-0.2, -0.15) is 0 Å². The van der Waals surface area contributed by atoms with Gasteiger partial charge in [0.25, 0.3) is 0 Å². The zero-order valence-electron chi connectivity index (χ0n) is 13.1. The number of aliphatic hydroxyl groups is 1. The number of aliphatic hydroxyl groups excluding tert-OH is 1. The van der Waals surface area contributed by atoms with Gasteiger partial charge in [0, 0.05) is 14.2 Å². The fourth-order valence-electron chi connectivity index (χ4n) is 1.50. The van der Waals surface area contributed by atoms with Gasteiger partial charge in [0.2, 0.25) is 0 Å². The summed E-state index contributed by atoms with van der Waals surface area (Å²) in [6.45, 7) is 1.96. The van der Waals surface area contributed by atoms with Crippen LogP contribution in [0.3, 0.4) is 0 Å². The van der Waals surface area contributed by atoms with Gasteiger partial charge in [-0.3, -0.25) is 0 Å². The molecule has 0 unspecified atom stereocenters. The number of benzene rings is 1. The van der Waals surface area contributed by atoms with Crippen molar-refractivity contribution in [2.45, 2.75) is 6.61 Å². The smallest absolute Gasteiger partial charge is 0.189 e. The van der Waals surface area contributed by atoms with Crippen molar-refractivity contribution < 1.29 is 33.5 Å². The Kier molecular flexibility index (Phi) is 10.3. The molecule has 1 rings (SSSR count).